The highest BCUT2D eigenvalue weighted by molar-refractivity contribution is 5.93. The molecule has 3 amide bonds. The van der Waals surface area contributed by atoms with Gasteiger partial charge in [-0.15, -0.1) is 0 Å². The first-order valence-electron chi connectivity index (χ1n) is 10.3. The van der Waals surface area contributed by atoms with Gasteiger partial charge in [0.25, 0.3) is 0 Å². The quantitative estimate of drug-likeness (QED) is 0.870. The second kappa shape index (κ2) is 8.76. The van der Waals surface area contributed by atoms with Crippen LogP contribution < -0.4 is 5.32 Å². The minimum atomic E-state index is -0.0276. The van der Waals surface area contributed by atoms with Crippen LogP contribution in [-0.4, -0.2) is 53.7 Å². The van der Waals surface area contributed by atoms with Gasteiger partial charge in [-0.1, -0.05) is 6.07 Å². The molecule has 0 bridgehead atoms. The number of hydrogen-bond donors (Lipinski definition) is 1. The van der Waals surface area contributed by atoms with E-state index in [1.165, 1.54) is 5.56 Å². The Kier molecular flexibility index (Phi) is 6.37. The zero-order valence-electron chi connectivity index (χ0n) is 17.2. The van der Waals surface area contributed by atoms with Crippen LogP contribution in [0.2, 0.25) is 0 Å². The maximum Gasteiger partial charge on any atom is 0.227 e. The van der Waals surface area contributed by atoms with Gasteiger partial charge in [-0.25, -0.2) is 0 Å². The van der Waals surface area contributed by atoms with Crippen LogP contribution >= 0.6 is 0 Å². The van der Waals surface area contributed by atoms with Crippen molar-refractivity contribution in [3.63, 3.8) is 0 Å². The summed E-state index contributed by atoms with van der Waals surface area (Å²) in [6.45, 7) is 8.14. The minimum Gasteiger partial charge on any atom is -0.339 e. The number of nitrogens with one attached hydrogen (secondary N) is 1. The summed E-state index contributed by atoms with van der Waals surface area (Å²) in [5.74, 6) is 0.303. The molecular formula is C22H31N3O3. The monoisotopic (exact) mass is 385 g/mol. The number of nitrogens with zero attached hydrogens (tertiary/aromatic N) is 2. The third-order valence-electron chi connectivity index (χ3n) is 6.26. The molecule has 1 saturated carbocycles. The lowest BCUT2D eigenvalue weighted by atomic mass is 9.80. The lowest BCUT2D eigenvalue weighted by molar-refractivity contribution is -0.142. The average molecular weight is 386 g/mol. The fourth-order valence-corrected chi connectivity index (χ4v) is 4.17. The van der Waals surface area contributed by atoms with E-state index in [0.29, 0.717) is 26.2 Å². The minimum absolute atomic E-state index is 0.00884. The summed E-state index contributed by atoms with van der Waals surface area (Å²) in [6, 6.07) is 5.96. The zero-order chi connectivity index (χ0) is 20.3. The molecule has 2 fully saturated rings. The van der Waals surface area contributed by atoms with Gasteiger partial charge in [0, 0.05) is 50.6 Å². The Balaban J connectivity index is 1.47. The predicted molar refractivity (Wildman–Crippen MR) is 109 cm³/mol. The Hall–Kier alpha value is -2.37. The van der Waals surface area contributed by atoms with Crippen LogP contribution in [0.4, 0.5) is 5.69 Å². The molecule has 0 radical (unpaired) electrons. The normalized spacial score (nSPS) is 22.7. The first-order chi connectivity index (χ1) is 13.3. The highest BCUT2D eigenvalue weighted by Crippen LogP contribution is 2.31. The molecule has 3 rings (SSSR count). The number of anilines is 1. The summed E-state index contributed by atoms with van der Waals surface area (Å²) in [4.78, 5) is 40.5. The Morgan fingerprint density at radius 3 is 2.00 bits per heavy atom. The molecule has 1 aromatic rings. The smallest absolute Gasteiger partial charge is 0.227 e. The lowest BCUT2D eigenvalue weighted by Gasteiger charge is -2.37. The van der Waals surface area contributed by atoms with Gasteiger partial charge in [-0.2, -0.15) is 0 Å². The molecule has 1 saturated heterocycles. The number of aryl methyl sites for hydroxylation is 2. The van der Waals surface area contributed by atoms with Crippen molar-refractivity contribution in [1.29, 1.82) is 0 Å². The number of rotatable bonds is 3. The molecule has 28 heavy (non-hydrogen) atoms. The van der Waals surface area contributed by atoms with Crippen LogP contribution in [0.15, 0.2) is 18.2 Å². The van der Waals surface area contributed by atoms with Crippen LogP contribution in [0.25, 0.3) is 0 Å². The van der Waals surface area contributed by atoms with Gasteiger partial charge in [0.05, 0.1) is 0 Å². The molecule has 1 aromatic carbocycles. The second-order valence-corrected chi connectivity index (χ2v) is 8.17. The number of carbonyl (C=O) groups excluding carboxylic acids is 3. The number of piperazine rings is 1. The predicted octanol–water partition coefficient (Wildman–Crippen LogP) is 2.74. The van der Waals surface area contributed by atoms with Crippen LogP contribution in [0.3, 0.4) is 0 Å². The van der Waals surface area contributed by atoms with E-state index in [0.717, 1.165) is 36.9 Å². The van der Waals surface area contributed by atoms with E-state index in [-0.39, 0.29) is 29.6 Å². The second-order valence-electron chi connectivity index (χ2n) is 8.17. The third-order valence-corrected chi connectivity index (χ3v) is 6.26. The van der Waals surface area contributed by atoms with Gasteiger partial charge in [0.2, 0.25) is 17.7 Å². The Morgan fingerprint density at radius 2 is 1.43 bits per heavy atom. The molecule has 1 aliphatic carbocycles. The van der Waals surface area contributed by atoms with Crippen molar-refractivity contribution in [3.05, 3.63) is 29.3 Å². The van der Waals surface area contributed by atoms with E-state index >= 15 is 0 Å². The Bertz CT molecular complexity index is 745. The highest BCUT2D eigenvalue weighted by atomic mass is 16.2. The number of benzene rings is 1. The van der Waals surface area contributed by atoms with Gasteiger partial charge < -0.3 is 15.1 Å². The molecular weight excluding hydrogens is 354 g/mol. The highest BCUT2D eigenvalue weighted by Gasteiger charge is 2.33. The zero-order valence-corrected chi connectivity index (χ0v) is 17.2. The SMILES string of the molecule is CC(=O)N1CCN(C(=O)C2CCC(C(=O)Nc3ccc(C)c(C)c3)CC2)CC1. The van der Waals surface area contributed by atoms with Crippen LogP contribution in [-0.2, 0) is 14.4 Å². The van der Waals surface area contributed by atoms with Crippen molar-refractivity contribution in [1.82, 2.24) is 9.80 Å². The van der Waals surface area contributed by atoms with Crippen molar-refractivity contribution >= 4 is 23.4 Å². The van der Waals surface area contributed by atoms with Crippen molar-refractivity contribution in [2.45, 2.75) is 46.5 Å². The fraction of sp³-hybridized carbons (Fsp3) is 0.591. The first kappa shape index (κ1) is 20.4. The van der Waals surface area contributed by atoms with Gasteiger partial charge >= 0.3 is 0 Å². The summed E-state index contributed by atoms with van der Waals surface area (Å²) in [5, 5.41) is 3.03. The summed E-state index contributed by atoms with van der Waals surface area (Å²) in [7, 11) is 0. The Morgan fingerprint density at radius 1 is 0.857 bits per heavy atom. The molecule has 6 nitrogen and oxygen atoms in total. The van der Waals surface area contributed by atoms with Crippen LogP contribution in [0.5, 0.6) is 0 Å². The van der Waals surface area contributed by atoms with Crippen molar-refractivity contribution in [2.75, 3.05) is 31.5 Å². The summed E-state index contributed by atoms with van der Waals surface area (Å²) in [5.41, 5.74) is 3.22. The molecule has 2 aliphatic rings. The molecule has 1 heterocycles. The fourth-order valence-electron chi connectivity index (χ4n) is 4.17. The van der Waals surface area contributed by atoms with Crippen LogP contribution in [0, 0.1) is 25.7 Å². The average Bonchev–Trinajstić information content (AvgIpc) is 2.70. The van der Waals surface area contributed by atoms with Gasteiger partial charge in [0.15, 0.2) is 0 Å². The molecule has 0 aromatic heterocycles. The molecule has 1 aliphatic heterocycles. The lowest BCUT2D eigenvalue weighted by Crippen LogP contribution is -2.51. The summed E-state index contributed by atoms with van der Waals surface area (Å²) >= 11 is 0. The van der Waals surface area contributed by atoms with E-state index in [4.69, 9.17) is 0 Å². The van der Waals surface area contributed by atoms with Crippen molar-refractivity contribution in [3.8, 4) is 0 Å². The molecule has 6 heteroatoms. The first-order valence-corrected chi connectivity index (χ1v) is 10.3. The Labute approximate surface area is 167 Å². The topological polar surface area (TPSA) is 69.7 Å². The molecule has 0 spiro atoms. The van der Waals surface area contributed by atoms with Gasteiger partial charge in [-0.3, -0.25) is 14.4 Å². The number of hydrogen-bond acceptors (Lipinski definition) is 3. The summed E-state index contributed by atoms with van der Waals surface area (Å²) < 4.78 is 0. The van der Waals surface area contributed by atoms with Crippen molar-refractivity contribution < 1.29 is 14.4 Å². The maximum absolute atomic E-state index is 12.8. The third kappa shape index (κ3) is 4.72. The number of carbonyl (C=O) groups is 3. The van der Waals surface area contributed by atoms with Crippen LogP contribution in [0.1, 0.15) is 43.7 Å². The van der Waals surface area contributed by atoms with E-state index < -0.39 is 0 Å². The maximum atomic E-state index is 12.8. The molecule has 1 N–H and O–H groups in total. The van der Waals surface area contributed by atoms with E-state index in [1.807, 2.05) is 30.0 Å². The number of amides is 3. The van der Waals surface area contributed by atoms with E-state index in [9.17, 15) is 14.4 Å². The molecule has 0 atom stereocenters. The van der Waals surface area contributed by atoms with Gasteiger partial charge in [0.1, 0.15) is 0 Å². The standard InChI is InChI=1S/C22H31N3O3/c1-15-4-9-20(14-16(15)2)23-21(27)18-5-7-19(8-6-18)22(28)25-12-10-24(11-13-25)17(3)26/h4,9,14,18-19H,5-8,10-13H2,1-3H3,(H,23,27). The van der Waals surface area contributed by atoms with E-state index in [2.05, 4.69) is 12.2 Å². The molecule has 0 unspecified atom stereocenters. The van der Waals surface area contributed by atoms with Crippen molar-refractivity contribution in [2.24, 2.45) is 11.8 Å². The molecule has 152 valence electrons. The largest absolute Gasteiger partial charge is 0.339 e. The van der Waals surface area contributed by atoms with E-state index in [1.54, 1.807) is 11.8 Å². The summed E-state index contributed by atoms with van der Waals surface area (Å²) in [6.07, 6.45) is 3.02. The van der Waals surface area contributed by atoms with Gasteiger partial charge in [-0.05, 0) is 62.8 Å².